The number of hydrogen-bond acceptors (Lipinski definition) is 3. The quantitative estimate of drug-likeness (QED) is 0.784. The Kier molecular flexibility index (Phi) is 8.72. The maximum Gasteiger partial charge on any atom is 0.224 e. The number of carbonyl (C=O) groups is 1. The lowest BCUT2D eigenvalue weighted by atomic mass is 9.96. The van der Waals surface area contributed by atoms with E-state index in [-0.39, 0.29) is 24.2 Å². The zero-order chi connectivity index (χ0) is 15.2. The van der Waals surface area contributed by atoms with Crippen molar-refractivity contribution in [3.8, 4) is 0 Å². The third kappa shape index (κ3) is 5.70. The molecule has 1 aliphatic heterocycles. The molecule has 124 valence electrons. The third-order valence-electron chi connectivity index (χ3n) is 3.72. The molecule has 0 spiro atoms. The number of hydrogen-bond donors (Lipinski definition) is 2. The van der Waals surface area contributed by atoms with Gasteiger partial charge < -0.3 is 11.1 Å². The number of amides is 1. The monoisotopic (exact) mass is 409 g/mol. The fourth-order valence-corrected chi connectivity index (χ4v) is 3.24. The van der Waals surface area contributed by atoms with E-state index in [1.54, 1.807) is 0 Å². The smallest absolute Gasteiger partial charge is 0.224 e. The Morgan fingerprint density at radius 3 is 3.00 bits per heavy atom. The lowest BCUT2D eigenvalue weighted by molar-refractivity contribution is -0.126. The minimum absolute atomic E-state index is 0. The molecule has 1 heterocycles. The van der Waals surface area contributed by atoms with E-state index in [0.29, 0.717) is 13.1 Å². The van der Waals surface area contributed by atoms with Crippen molar-refractivity contribution in [2.45, 2.75) is 19.4 Å². The van der Waals surface area contributed by atoms with E-state index >= 15 is 0 Å². The van der Waals surface area contributed by atoms with Crippen LogP contribution in [-0.4, -0.2) is 37.0 Å². The molecule has 1 amide bonds. The minimum Gasteiger partial charge on any atom is -0.355 e. The van der Waals surface area contributed by atoms with E-state index < -0.39 is 0 Å². The summed E-state index contributed by atoms with van der Waals surface area (Å²) >= 11 is 9.71. The van der Waals surface area contributed by atoms with Crippen molar-refractivity contribution in [1.82, 2.24) is 10.2 Å². The highest BCUT2D eigenvalue weighted by Crippen LogP contribution is 2.25. The van der Waals surface area contributed by atoms with Crippen molar-refractivity contribution >= 4 is 45.8 Å². The summed E-state index contributed by atoms with van der Waals surface area (Å²) in [4.78, 5) is 14.3. The molecule has 7 heteroatoms. The van der Waals surface area contributed by atoms with Crippen LogP contribution in [0.2, 0.25) is 5.02 Å². The summed E-state index contributed by atoms with van der Waals surface area (Å²) in [6.07, 6.45) is 1.98. The molecule has 1 aliphatic rings. The zero-order valence-electron chi connectivity index (χ0n) is 12.4. The first kappa shape index (κ1) is 19.7. The van der Waals surface area contributed by atoms with E-state index in [1.165, 1.54) is 0 Å². The molecular formula is C15H22BrCl2N3O. The molecule has 0 aliphatic carbocycles. The molecule has 0 bridgehead atoms. The SMILES string of the molecule is Cl.NCCNC(=O)C1CCCN(Cc2cc(Br)ccc2Cl)C1. The summed E-state index contributed by atoms with van der Waals surface area (Å²) in [5.41, 5.74) is 6.51. The van der Waals surface area contributed by atoms with E-state index in [4.69, 9.17) is 17.3 Å². The largest absolute Gasteiger partial charge is 0.355 e. The number of nitrogens with two attached hydrogens (primary N) is 1. The van der Waals surface area contributed by atoms with Gasteiger partial charge in [-0.15, -0.1) is 12.4 Å². The Morgan fingerprint density at radius 1 is 1.50 bits per heavy atom. The van der Waals surface area contributed by atoms with Crippen LogP contribution in [0.3, 0.4) is 0 Å². The van der Waals surface area contributed by atoms with Gasteiger partial charge in [0.1, 0.15) is 0 Å². The van der Waals surface area contributed by atoms with Gasteiger partial charge >= 0.3 is 0 Å². The van der Waals surface area contributed by atoms with Crippen LogP contribution in [0.4, 0.5) is 0 Å². The molecule has 0 radical (unpaired) electrons. The Labute approximate surface area is 151 Å². The predicted molar refractivity (Wildman–Crippen MR) is 96.5 cm³/mol. The molecule has 1 atom stereocenters. The van der Waals surface area contributed by atoms with Crippen molar-refractivity contribution < 1.29 is 4.79 Å². The van der Waals surface area contributed by atoms with Crippen molar-refractivity contribution in [2.24, 2.45) is 11.7 Å². The summed E-state index contributed by atoms with van der Waals surface area (Å²) in [5, 5.41) is 3.65. The highest BCUT2D eigenvalue weighted by Gasteiger charge is 2.25. The molecule has 22 heavy (non-hydrogen) atoms. The van der Waals surface area contributed by atoms with Crippen LogP contribution in [0, 0.1) is 5.92 Å². The van der Waals surface area contributed by atoms with Gasteiger partial charge in [-0.05, 0) is 43.1 Å². The number of benzene rings is 1. The summed E-state index contributed by atoms with van der Waals surface area (Å²) < 4.78 is 1.02. The number of carbonyl (C=O) groups excluding carboxylic acids is 1. The molecule has 0 aromatic heterocycles. The Morgan fingerprint density at radius 2 is 2.27 bits per heavy atom. The van der Waals surface area contributed by atoms with Crippen molar-refractivity contribution in [2.75, 3.05) is 26.2 Å². The molecule has 1 saturated heterocycles. The van der Waals surface area contributed by atoms with Crippen molar-refractivity contribution in [1.29, 1.82) is 0 Å². The van der Waals surface area contributed by atoms with Gasteiger partial charge in [0.2, 0.25) is 5.91 Å². The predicted octanol–water partition coefficient (Wildman–Crippen LogP) is 2.81. The van der Waals surface area contributed by atoms with E-state index in [0.717, 1.165) is 47.5 Å². The number of halogens is 3. The summed E-state index contributed by atoms with van der Waals surface area (Å²) in [6.45, 7) is 3.59. The second-order valence-corrected chi connectivity index (χ2v) is 6.71. The Hall–Kier alpha value is -0.330. The molecule has 1 unspecified atom stereocenters. The number of piperidine rings is 1. The standard InChI is InChI=1S/C15H21BrClN3O.ClH/c16-13-3-4-14(17)12(8-13)10-20-7-1-2-11(9-20)15(21)19-6-5-18;/h3-4,8,11H,1-2,5-7,9-10,18H2,(H,19,21);1H. The molecule has 2 rings (SSSR count). The first-order chi connectivity index (χ1) is 10.1. The molecule has 4 nitrogen and oxygen atoms in total. The lowest BCUT2D eigenvalue weighted by Gasteiger charge is -2.32. The van der Waals surface area contributed by atoms with Gasteiger partial charge in [0.15, 0.2) is 0 Å². The third-order valence-corrected chi connectivity index (χ3v) is 4.58. The number of nitrogens with zero attached hydrogens (tertiary/aromatic N) is 1. The van der Waals surface area contributed by atoms with Crippen molar-refractivity contribution in [3.05, 3.63) is 33.3 Å². The van der Waals surface area contributed by atoms with Gasteiger partial charge in [-0.25, -0.2) is 0 Å². The molecule has 1 aromatic rings. The van der Waals surface area contributed by atoms with Crippen LogP contribution in [0.5, 0.6) is 0 Å². The Bertz CT molecular complexity index is 502. The van der Waals surface area contributed by atoms with Crippen LogP contribution >= 0.6 is 39.9 Å². The van der Waals surface area contributed by atoms with E-state index in [1.807, 2.05) is 18.2 Å². The second kappa shape index (κ2) is 9.73. The number of likely N-dealkylation sites (tertiary alicyclic amines) is 1. The fraction of sp³-hybridized carbons (Fsp3) is 0.533. The minimum atomic E-state index is 0. The maximum absolute atomic E-state index is 12.0. The molecule has 1 fully saturated rings. The molecule has 0 saturated carbocycles. The topological polar surface area (TPSA) is 58.4 Å². The van der Waals surface area contributed by atoms with E-state index in [9.17, 15) is 4.79 Å². The van der Waals surface area contributed by atoms with Crippen LogP contribution in [0.1, 0.15) is 18.4 Å². The van der Waals surface area contributed by atoms with Gasteiger partial charge in [-0.1, -0.05) is 27.5 Å². The first-order valence-corrected chi connectivity index (χ1v) is 8.41. The van der Waals surface area contributed by atoms with E-state index in [2.05, 4.69) is 26.1 Å². The van der Waals surface area contributed by atoms with Gasteiger partial charge in [0, 0.05) is 35.7 Å². The first-order valence-electron chi connectivity index (χ1n) is 7.24. The average Bonchev–Trinajstić information content (AvgIpc) is 2.49. The van der Waals surface area contributed by atoms with Crippen LogP contribution < -0.4 is 11.1 Å². The molecular weight excluding hydrogens is 389 g/mol. The summed E-state index contributed by atoms with van der Waals surface area (Å²) in [7, 11) is 0. The zero-order valence-corrected chi connectivity index (χ0v) is 15.5. The van der Waals surface area contributed by atoms with Gasteiger partial charge in [-0.2, -0.15) is 0 Å². The van der Waals surface area contributed by atoms with Crippen molar-refractivity contribution in [3.63, 3.8) is 0 Å². The summed E-state index contributed by atoms with van der Waals surface area (Å²) in [5.74, 6) is 0.168. The molecule has 1 aromatic carbocycles. The van der Waals surface area contributed by atoms with Crippen LogP contribution in [-0.2, 0) is 11.3 Å². The number of nitrogens with one attached hydrogen (secondary N) is 1. The average molecular weight is 411 g/mol. The highest BCUT2D eigenvalue weighted by atomic mass is 79.9. The lowest BCUT2D eigenvalue weighted by Crippen LogP contribution is -2.43. The maximum atomic E-state index is 12.0. The van der Waals surface area contributed by atoms with Crippen LogP contribution in [0.25, 0.3) is 0 Å². The molecule has 3 N–H and O–H groups in total. The Balaban J connectivity index is 0.00000242. The summed E-state index contributed by atoms with van der Waals surface area (Å²) in [6, 6.07) is 5.88. The van der Waals surface area contributed by atoms with Crippen LogP contribution in [0.15, 0.2) is 22.7 Å². The highest BCUT2D eigenvalue weighted by molar-refractivity contribution is 9.10. The second-order valence-electron chi connectivity index (χ2n) is 5.39. The fourth-order valence-electron chi connectivity index (χ4n) is 2.66. The van der Waals surface area contributed by atoms with Gasteiger partial charge in [0.05, 0.1) is 5.92 Å². The van der Waals surface area contributed by atoms with Gasteiger partial charge in [-0.3, -0.25) is 9.69 Å². The number of rotatable bonds is 5. The van der Waals surface area contributed by atoms with Gasteiger partial charge in [0.25, 0.3) is 0 Å². The normalized spacial score (nSPS) is 18.6.